The number of rotatable bonds is 4. The van der Waals surface area contributed by atoms with Crippen LogP contribution in [0.3, 0.4) is 0 Å². The Balaban J connectivity index is 2.33. The Morgan fingerprint density at radius 1 is 1.30 bits per heavy atom. The molecule has 108 valence electrons. The first-order valence-corrected chi connectivity index (χ1v) is 6.66. The molecular weight excluding hydrogens is 262 g/mol. The second-order valence-corrected chi connectivity index (χ2v) is 4.85. The minimum atomic E-state index is -1.35. The molecule has 1 amide bonds. The first-order valence-electron chi connectivity index (χ1n) is 6.66. The highest BCUT2D eigenvalue weighted by Gasteiger charge is 2.56. The third kappa shape index (κ3) is 2.37. The van der Waals surface area contributed by atoms with E-state index in [0.717, 1.165) is 5.57 Å². The highest BCUT2D eigenvalue weighted by Crippen LogP contribution is 2.47. The maximum absolute atomic E-state index is 12.2. The molecule has 1 unspecified atom stereocenters. The number of esters is 2. The van der Waals surface area contributed by atoms with Crippen molar-refractivity contribution in [2.75, 3.05) is 13.2 Å². The molecule has 0 N–H and O–H groups in total. The molecule has 2 aliphatic rings. The number of hydrogen-bond acceptors (Lipinski definition) is 5. The summed E-state index contributed by atoms with van der Waals surface area (Å²) in [4.78, 5) is 39.5. The molecule has 0 saturated heterocycles. The van der Waals surface area contributed by atoms with Crippen molar-refractivity contribution < 1.29 is 23.9 Å². The predicted octanol–water partition coefficient (Wildman–Crippen LogP) is 1.05. The van der Waals surface area contributed by atoms with E-state index in [-0.39, 0.29) is 37.9 Å². The van der Waals surface area contributed by atoms with Gasteiger partial charge in [-0.15, -0.1) is 0 Å². The van der Waals surface area contributed by atoms with Gasteiger partial charge < -0.3 is 9.47 Å². The van der Waals surface area contributed by atoms with Crippen LogP contribution in [0.25, 0.3) is 0 Å². The molecule has 0 aromatic rings. The summed E-state index contributed by atoms with van der Waals surface area (Å²) in [5.74, 6) is -1.72. The van der Waals surface area contributed by atoms with E-state index in [9.17, 15) is 14.4 Å². The van der Waals surface area contributed by atoms with E-state index in [1.54, 1.807) is 13.8 Å². The lowest BCUT2D eigenvalue weighted by molar-refractivity contribution is -0.171. The summed E-state index contributed by atoms with van der Waals surface area (Å²) in [6.45, 7) is 3.75. The normalized spacial score (nSPS) is 23.0. The van der Waals surface area contributed by atoms with Crippen LogP contribution < -0.4 is 0 Å². The third-order valence-electron chi connectivity index (χ3n) is 3.57. The zero-order valence-corrected chi connectivity index (χ0v) is 11.5. The summed E-state index contributed by atoms with van der Waals surface area (Å²) in [6.07, 6.45) is 3.29. The molecule has 0 radical (unpaired) electrons. The SMILES string of the molecule is CCOC(=O)C1(C(=O)OCC)CC2=CC(=O)N=CC2C1. The van der Waals surface area contributed by atoms with Crippen LogP contribution in [0.2, 0.25) is 0 Å². The summed E-state index contributed by atoms with van der Waals surface area (Å²) in [6, 6.07) is 0. The molecule has 6 heteroatoms. The van der Waals surface area contributed by atoms with E-state index in [1.165, 1.54) is 12.3 Å². The largest absolute Gasteiger partial charge is 0.465 e. The zero-order chi connectivity index (χ0) is 14.8. The molecule has 1 fully saturated rings. The molecule has 2 rings (SSSR count). The topological polar surface area (TPSA) is 82.0 Å². The maximum atomic E-state index is 12.2. The minimum Gasteiger partial charge on any atom is -0.465 e. The van der Waals surface area contributed by atoms with E-state index in [0.29, 0.717) is 0 Å². The maximum Gasteiger partial charge on any atom is 0.323 e. The molecule has 1 aliphatic carbocycles. The van der Waals surface area contributed by atoms with Crippen molar-refractivity contribution in [2.24, 2.45) is 16.3 Å². The van der Waals surface area contributed by atoms with Gasteiger partial charge >= 0.3 is 11.9 Å². The second-order valence-electron chi connectivity index (χ2n) is 4.85. The predicted molar refractivity (Wildman–Crippen MR) is 70.0 cm³/mol. The Labute approximate surface area is 116 Å². The lowest BCUT2D eigenvalue weighted by Gasteiger charge is -2.23. The van der Waals surface area contributed by atoms with Crippen molar-refractivity contribution in [3.05, 3.63) is 11.6 Å². The average Bonchev–Trinajstić information content (AvgIpc) is 2.79. The van der Waals surface area contributed by atoms with E-state index in [4.69, 9.17) is 9.47 Å². The quantitative estimate of drug-likeness (QED) is 0.567. The molecule has 1 atom stereocenters. The Morgan fingerprint density at radius 3 is 2.45 bits per heavy atom. The molecule has 0 spiro atoms. The molecule has 0 aromatic carbocycles. The zero-order valence-electron chi connectivity index (χ0n) is 11.5. The van der Waals surface area contributed by atoms with Crippen LogP contribution in [0, 0.1) is 11.3 Å². The lowest BCUT2D eigenvalue weighted by Crippen LogP contribution is -2.40. The molecule has 0 aromatic heterocycles. The summed E-state index contributed by atoms with van der Waals surface area (Å²) in [7, 11) is 0. The van der Waals surface area contributed by atoms with Crippen LogP contribution in [0.15, 0.2) is 16.6 Å². The van der Waals surface area contributed by atoms with E-state index in [2.05, 4.69) is 4.99 Å². The second kappa shape index (κ2) is 5.56. The van der Waals surface area contributed by atoms with Gasteiger partial charge in [-0.1, -0.05) is 5.57 Å². The first kappa shape index (κ1) is 14.4. The van der Waals surface area contributed by atoms with Crippen molar-refractivity contribution >= 4 is 24.1 Å². The number of amides is 1. The molecule has 1 aliphatic heterocycles. The van der Waals surface area contributed by atoms with Crippen LogP contribution in [0.4, 0.5) is 0 Å². The van der Waals surface area contributed by atoms with Crippen LogP contribution in [0.1, 0.15) is 26.7 Å². The molecule has 20 heavy (non-hydrogen) atoms. The van der Waals surface area contributed by atoms with Gasteiger partial charge in [-0.05, 0) is 26.7 Å². The molecule has 6 nitrogen and oxygen atoms in total. The van der Waals surface area contributed by atoms with Gasteiger partial charge in [-0.2, -0.15) is 0 Å². The smallest absolute Gasteiger partial charge is 0.323 e. The van der Waals surface area contributed by atoms with Crippen molar-refractivity contribution in [3.8, 4) is 0 Å². The number of ether oxygens (including phenoxy) is 2. The van der Waals surface area contributed by atoms with Crippen LogP contribution in [-0.2, 0) is 23.9 Å². The minimum absolute atomic E-state index is 0.160. The van der Waals surface area contributed by atoms with Crippen molar-refractivity contribution in [1.29, 1.82) is 0 Å². The number of dihydropyridines is 1. The third-order valence-corrected chi connectivity index (χ3v) is 3.57. The van der Waals surface area contributed by atoms with Crippen LogP contribution in [-0.4, -0.2) is 37.3 Å². The number of nitrogens with zero attached hydrogens (tertiary/aromatic N) is 1. The Bertz CT molecular complexity index is 488. The standard InChI is InChI=1S/C14H17NO5/c1-3-19-12(17)14(13(18)20-4-2)6-9-5-11(16)15-8-10(9)7-14/h5,8,10H,3-4,6-7H2,1-2H3. The summed E-state index contributed by atoms with van der Waals surface area (Å²) < 4.78 is 10.1. The van der Waals surface area contributed by atoms with Gasteiger partial charge in [0.05, 0.1) is 13.2 Å². The van der Waals surface area contributed by atoms with Gasteiger partial charge in [-0.3, -0.25) is 14.4 Å². The number of allylic oxidation sites excluding steroid dienone is 1. The fourth-order valence-electron chi connectivity index (χ4n) is 2.66. The Morgan fingerprint density at radius 2 is 1.90 bits per heavy atom. The molecule has 1 saturated carbocycles. The molecule has 1 heterocycles. The number of carbonyl (C=O) groups is 3. The lowest BCUT2D eigenvalue weighted by atomic mass is 9.85. The Hall–Kier alpha value is -1.98. The fraction of sp³-hybridized carbons (Fsp3) is 0.571. The summed E-state index contributed by atoms with van der Waals surface area (Å²) in [5, 5.41) is 0. The number of carbonyl (C=O) groups excluding carboxylic acids is 3. The summed E-state index contributed by atoms with van der Waals surface area (Å²) >= 11 is 0. The number of aliphatic imine (C=N–C) groups is 1. The van der Waals surface area contributed by atoms with Gasteiger partial charge in [0, 0.05) is 18.2 Å². The highest BCUT2D eigenvalue weighted by molar-refractivity contribution is 6.04. The van der Waals surface area contributed by atoms with Crippen molar-refractivity contribution in [2.45, 2.75) is 26.7 Å². The Kier molecular flexibility index (Phi) is 4.01. The van der Waals surface area contributed by atoms with E-state index >= 15 is 0 Å². The van der Waals surface area contributed by atoms with Crippen molar-refractivity contribution in [3.63, 3.8) is 0 Å². The highest BCUT2D eigenvalue weighted by atomic mass is 16.6. The van der Waals surface area contributed by atoms with E-state index < -0.39 is 17.4 Å². The molecular formula is C14H17NO5. The monoisotopic (exact) mass is 279 g/mol. The first-order chi connectivity index (χ1) is 9.53. The van der Waals surface area contributed by atoms with Crippen molar-refractivity contribution in [1.82, 2.24) is 0 Å². The van der Waals surface area contributed by atoms with Crippen LogP contribution in [0.5, 0.6) is 0 Å². The average molecular weight is 279 g/mol. The number of hydrogen-bond donors (Lipinski definition) is 0. The van der Waals surface area contributed by atoms with Gasteiger partial charge in [0.1, 0.15) is 0 Å². The van der Waals surface area contributed by atoms with Gasteiger partial charge in [0.15, 0.2) is 5.41 Å². The van der Waals surface area contributed by atoms with Gasteiger partial charge in [-0.25, -0.2) is 4.99 Å². The molecule has 0 bridgehead atoms. The van der Waals surface area contributed by atoms with Gasteiger partial charge in [0.2, 0.25) is 0 Å². The summed E-state index contributed by atoms with van der Waals surface area (Å²) in [5.41, 5.74) is -0.606. The van der Waals surface area contributed by atoms with E-state index in [1.807, 2.05) is 0 Å². The number of fused-ring (bicyclic) bond motifs is 1. The fourth-order valence-corrected chi connectivity index (χ4v) is 2.66. The van der Waals surface area contributed by atoms with Crippen LogP contribution >= 0.6 is 0 Å². The van der Waals surface area contributed by atoms with Gasteiger partial charge in [0.25, 0.3) is 5.91 Å².